The maximum Gasteiger partial charge on any atom is 0.264 e. The van der Waals surface area contributed by atoms with Crippen LogP contribution in [0.25, 0.3) is 0 Å². The molecule has 6 heteroatoms. The average molecular weight is 336 g/mol. The highest BCUT2D eigenvalue weighted by Crippen LogP contribution is 2.20. The molecule has 4 nitrogen and oxygen atoms in total. The van der Waals surface area contributed by atoms with Gasteiger partial charge in [-0.15, -0.1) is 0 Å². The molecule has 0 fully saturated rings. The molecule has 124 valence electrons. The normalized spacial score (nSPS) is 11.4. The molecule has 0 aliphatic rings. The van der Waals surface area contributed by atoms with Crippen molar-refractivity contribution in [2.45, 2.75) is 30.6 Å². The van der Waals surface area contributed by atoms with Crippen molar-refractivity contribution in [3.05, 3.63) is 59.9 Å². The second-order valence-electron chi connectivity index (χ2n) is 5.34. The van der Waals surface area contributed by atoms with Gasteiger partial charge in [-0.1, -0.05) is 30.7 Å². The van der Waals surface area contributed by atoms with Crippen LogP contribution in [-0.4, -0.2) is 15.0 Å². The summed E-state index contributed by atoms with van der Waals surface area (Å²) in [4.78, 5) is -0.353. The number of aryl methyl sites for hydroxylation is 1. The highest BCUT2D eigenvalue weighted by atomic mass is 32.2. The molecule has 0 aromatic heterocycles. The highest BCUT2D eigenvalue weighted by molar-refractivity contribution is 7.92. The Balaban J connectivity index is 2.09. The van der Waals surface area contributed by atoms with Gasteiger partial charge in [-0.05, 0) is 55.6 Å². The molecule has 3 N–H and O–H groups in total. The van der Waals surface area contributed by atoms with Crippen LogP contribution >= 0.6 is 0 Å². The Morgan fingerprint density at radius 2 is 1.78 bits per heavy atom. The van der Waals surface area contributed by atoms with Crippen LogP contribution in [0.2, 0.25) is 0 Å². The van der Waals surface area contributed by atoms with Crippen molar-refractivity contribution < 1.29 is 12.8 Å². The zero-order valence-electron chi connectivity index (χ0n) is 12.8. The lowest BCUT2D eigenvalue weighted by atomic mass is 10.1. The molecule has 0 aliphatic heterocycles. The summed E-state index contributed by atoms with van der Waals surface area (Å²) in [5, 5.41) is 0. The molecule has 0 saturated carbocycles. The van der Waals surface area contributed by atoms with Gasteiger partial charge in [0.15, 0.2) is 0 Å². The summed E-state index contributed by atoms with van der Waals surface area (Å²) in [6.45, 7) is 0.683. The Morgan fingerprint density at radius 1 is 1.00 bits per heavy atom. The Labute approximate surface area is 136 Å². The minimum atomic E-state index is -3.93. The summed E-state index contributed by atoms with van der Waals surface area (Å²) in [6, 6.07) is 12.5. The van der Waals surface area contributed by atoms with E-state index in [1.165, 1.54) is 18.2 Å². The number of rotatable bonds is 8. The Hall–Kier alpha value is -1.92. The zero-order chi connectivity index (χ0) is 16.7. The van der Waals surface area contributed by atoms with Gasteiger partial charge >= 0.3 is 0 Å². The van der Waals surface area contributed by atoms with Crippen LogP contribution in [-0.2, 0) is 16.4 Å². The zero-order valence-corrected chi connectivity index (χ0v) is 13.7. The molecule has 0 amide bonds. The molecule has 0 atom stereocenters. The number of nitrogens with two attached hydrogens (primary N) is 1. The molecule has 2 aromatic carbocycles. The number of nitrogens with one attached hydrogen (secondary N) is 1. The molecule has 0 bridgehead atoms. The van der Waals surface area contributed by atoms with E-state index in [1.807, 2.05) is 6.07 Å². The fourth-order valence-electron chi connectivity index (χ4n) is 2.31. The minimum Gasteiger partial charge on any atom is -0.330 e. The van der Waals surface area contributed by atoms with E-state index < -0.39 is 15.8 Å². The average Bonchev–Trinajstić information content (AvgIpc) is 2.52. The smallest absolute Gasteiger partial charge is 0.264 e. The predicted octanol–water partition coefficient (Wildman–Crippen LogP) is 3.30. The Bertz CT molecular complexity index is 748. The fourth-order valence-corrected chi connectivity index (χ4v) is 3.44. The van der Waals surface area contributed by atoms with Gasteiger partial charge in [-0.2, -0.15) is 0 Å². The second-order valence-corrected chi connectivity index (χ2v) is 6.99. The highest BCUT2D eigenvalue weighted by Gasteiger charge is 2.18. The molecular weight excluding hydrogens is 315 g/mol. The summed E-state index contributed by atoms with van der Waals surface area (Å²) in [5.41, 5.74) is 6.93. The SMILES string of the molecule is NCCCCCc1cccc(NS(=O)(=O)c2ccccc2F)c1. The van der Waals surface area contributed by atoms with Gasteiger partial charge in [0.2, 0.25) is 0 Å². The third-order valence-electron chi connectivity index (χ3n) is 3.47. The maximum absolute atomic E-state index is 13.7. The van der Waals surface area contributed by atoms with Crippen molar-refractivity contribution in [2.75, 3.05) is 11.3 Å². The van der Waals surface area contributed by atoms with Gasteiger partial charge in [0.1, 0.15) is 10.7 Å². The standard InChI is InChI=1S/C17H21FN2O2S/c18-16-10-3-4-11-17(16)23(21,22)20-15-9-6-8-14(13-15)7-2-1-5-12-19/h3-4,6,8-11,13,20H,1-2,5,7,12,19H2. The molecule has 0 radical (unpaired) electrons. The van der Waals surface area contributed by atoms with Crippen LogP contribution in [0.3, 0.4) is 0 Å². The van der Waals surface area contributed by atoms with E-state index >= 15 is 0 Å². The van der Waals surface area contributed by atoms with Crippen LogP contribution in [0.15, 0.2) is 53.4 Å². The van der Waals surface area contributed by atoms with E-state index in [4.69, 9.17) is 5.73 Å². The molecule has 2 aromatic rings. The first-order valence-electron chi connectivity index (χ1n) is 7.59. The lowest BCUT2D eigenvalue weighted by molar-refractivity contribution is 0.570. The summed E-state index contributed by atoms with van der Waals surface area (Å²) >= 11 is 0. The van der Waals surface area contributed by atoms with Gasteiger partial charge in [0.05, 0.1) is 0 Å². The largest absolute Gasteiger partial charge is 0.330 e. The van der Waals surface area contributed by atoms with E-state index in [0.717, 1.165) is 37.3 Å². The van der Waals surface area contributed by atoms with Crippen molar-refractivity contribution in [3.8, 4) is 0 Å². The summed E-state index contributed by atoms with van der Waals surface area (Å²) in [5.74, 6) is -0.766. The number of unbranched alkanes of at least 4 members (excludes halogenated alkanes) is 2. The molecule has 0 spiro atoms. The maximum atomic E-state index is 13.7. The van der Waals surface area contributed by atoms with Crippen molar-refractivity contribution >= 4 is 15.7 Å². The van der Waals surface area contributed by atoms with E-state index in [9.17, 15) is 12.8 Å². The first kappa shape index (κ1) is 17.4. The van der Waals surface area contributed by atoms with E-state index in [0.29, 0.717) is 12.2 Å². The van der Waals surface area contributed by atoms with Crippen LogP contribution in [0.4, 0.5) is 10.1 Å². The quantitative estimate of drug-likeness (QED) is 0.727. The lowest BCUT2D eigenvalue weighted by Crippen LogP contribution is -2.14. The van der Waals surface area contributed by atoms with Crippen molar-refractivity contribution in [2.24, 2.45) is 5.73 Å². The molecule has 0 saturated heterocycles. The number of hydrogen-bond donors (Lipinski definition) is 2. The number of halogens is 1. The van der Waals surface area contributed by atoms with Crippen LogP contribution in [0.5, 0.6) is 0 Å². The second kappa shape index (κ2) is 8.08. The van der Waals surface area contributed by atoms with Gasteiger partial charge in [-0.25, -0.2) is 12.8 Å². The van der Waals surface area contributed by atoms with Crippen LogP contribution in [0.1, 0.15) is 24.8 Å². The minimum absolute atomic E-state index is 0.353. The van der Waals surface area contributed by atoms with Gasteiger partial charge in [-0.3, -0.25) is 4.72 Å². The molecule has 23 heavy (non-hydrogen) atoms. The first-order chi connectivity index (χ1) is 11.0. The van der Waals surface area contributed by atoms with Crippen LogP contribution in [0, 0.1) is 5.82 Å². The van der Waals surface area contributed by atoms with Crippen molar-refractivity contribution in [1.82, 2.24) is 0 Å². The molecular formula is C17H21FN2O2S. The van der Waals surface area contributed by atoms with E-state index in [1.54, 1.807) is 18.2 Å². The summed E-state index contributed by atoms with van der Waals surface area (Å²) in [6.07, 6.45) is 3.89. The molecule has 0 heterocycles. The van der Waals surface area contributed by atoms with Gasteiger partial charge in [0.25, 0.3) is 10.0 Å². The van der Waals surface area contributed by atoms with Gasteiger partial charge in [0, 0.05) is 5.69 Å². The molecule has 2 rings (SSSR count). The van der Waals surface area contributed by atoms with Crippen molar-refractivity contribution in [3.63, 3.8) is 0 Å². The summed E-state index contributed by atoms with van der Waals surface area (Å²) < 4.78 is 40.6. The fraction of sp³-hybridized carbons (Fsp3) is 0.294. The first-order valence-corrected chi connectivity index (χ1v) is 9.07. The van der Waals surface area contributed by atoms with Gasteiger partial charge < -0.3 is 5.73 Å². The number of anilines is 1. The van der Waals surface area contributed by atoms with E-state index in [2.05, 4.69) is 4.72 Å². The lowest BCUT2D eigenvalue weighted by Gasteiger charge is -2.10. The molecule has 0 aliphatic carbocycles. The Morgan fingerprint density at radius 3 is 2.52 bits per heavy atom. The Kier molecular flexibility index (Phi) is 6.12. The third kappa shape index (κ3) is 5.04. The van der Waals surface area contributed by atoms with Crippen LogP contribution < -0.4 is 10.5 Å². The predicted molar refractivity (Wildman–Crippen MR) is 90.3 cm³/mol. The third-order valence-corrected chi connectivity index (χ3v) is 4.89. The summed E-state index contributed by atoms with van der Waals surface area (Å²) in [7, 11) is -3.93. The number of benzene rings is 2. The van der Waals surface area contributed by atoms with E-state index in [-0.39, 0.29) is 4.90 Å². The number of sulfonamides is 1. The van der Waals surface area contributed by atoms with Crippen molar-refractivity contribution in [1.29, 1.82) is 0 Å². The topological polar surface area (TPSA) is 72.2 Å². The number of hydrogen-bond acceptors (Lipinski definition) is 3. The molecule has 0 unspecified atom stereocenters. The monoisotopic (exact) mass is 336 g/mol.